The van der Waals surface area contributed by atoms with Gasteiger partial charge in [-0.15, -0.1) is 0 Å². The minimum Gasteiger partial charge on any atom is -0.481 e. The molecule has 4 heterocycles. The van der Waals surface area contributed by atoms with Gasteiger partial charge >= 0.3 is 0 Å². The van der Waals surface area contributed by atoms with E-state index in [9.17, 15) is 5.11 Å². The molecule has 2 aromatic rings. The third kappa shape index (κ3) is 4.33. The van der Waals surface area contributed by atoms with E-state index in [0.29, 0.717) is 47.3 Å². The van der Waals surface area contributed by atoms with Crippen molar-refractivity contribution in [3.05, 3.63) is 17.1 Å². The second kappa shape index (κ2) is 9.12. The largest absolute Gasteiger partial charge is 0.481 e. The molecule has 2 N–H and O–H groups in total. The van der Waals surface area contributed by atoms with Crippen LogP contribution >= 0.6 is 11.3 Å². The van der Waals surface area contributed by atoms with Crippen molar-refractivity contribution < 1.29 is 9.84 Å². The van der Waals surface area contributed by atoms with Crippen LogP contribution in [0.25, 0.3) is 0 Å². The molecule has 30 heavy (non-hydrogen) atoms. The number of aliphatic hydroxyl groups is 1. The highest BCUT2D eigenvalue weighted by Crippen LogP contribution is 2.38. The number of piperidine rings is 1. The summed E-state index contributed by atoms with van der Waals surface area (Å²) in [5.41, 5.74) is 0. The first-order chi connectivity index (χ1) is 14.6. The van der Waals surface area contributed by atoms with Crippen LogP contribution in [0.5, 0.6) is 5.88 Å². The predicted octanol–water partition coefficient (Wildman–Crippen LogP) is 2.52. The van der Waals surface area contributed by atoms with Crippen LogP contribution in [-0.2, 0) is 6.61 Å². The van der Waals surface area contributed by atoms with Crippen LogP contribution in [0.3, 0.4) is 0 Å². The van der Waals surface area contributed by atoms with Crippen molar-refractivity contribution in [2.24, 2.45) is 0 Å². The summed E-state index contributed by atoms with van der Waals surface area (Å²) >= 11 is 1.38. The van der Waals surface area contributed by atoms with Crippen molar-refractivity contribution in [1.29, 1.82) is 5.26 Å². The number of rotatable bonds is 8. The van der Waals surface area contributed by atoms with Crippen molar-refractivity contribution in [3.8, 4) is 11.9 Å². The van der Waals surface area contributed by atoms with Crippen molar-refractivity contribution in [2.45, 2.75) is 56.8 Å². The van der Waals surface area contributed by atoms with Crippen LogP contribution in [0, 0.1) is 11.3 Å². The smallest absolute Gasteiger partial charge is 0.230 e. The number of aliphatic hydroxyl groups excluding tert-OH is 1. The topological polar surface area (TPSA) is 110 Å². The van der Waals surface area contributed by atoms with Crippen LogP contribution in [-0.4, -0.2) is 63.8 Å². The lowest BCUT2D eigenvalue weighted by Crippen LogP contribution is -2.50. The molecule has 4 rings (SSSR count). The molecule has 0 unspecified atom stereocenters. The predicted molar refractivity (Wildman–Crippen MR) is 115 cm³/mol. The van der Waals surface area contributed by atoms with Crippen molar-refractivity contribution in [2.75, 3.05) is 30.9 Å². The van der Waals surface area contributed by atoms with Crippen LogP contribution in [0.1, 0.15) is 37.0 Å². The Morgan fingerprint density at radius 3 is 2.77 bits per heavy atom. The van der Waals surface area contributed by atoms with Crippen LogP contribution in [0.15, 0.2) is 12.3 Å². The Morgan fingerprint density at radius 1 is 1.37 bits per heavy atom. The molecule has 2 aromatic heterocycles. The number of nitrogens with one attached hydrogen (secondary N) is 1. The molecular formula is C20H27N7O2S. The number of nitriles is 1. The Labute approximate surface area is 180 Å². The van der Waals surface area contributed by atoms with E-state index in [4.69, 9.17) is 15.0 Å². The fourth-order valence-corrected chi connectivity index (χ4v) is 5.24. The molecule has 10 heteroatoms. The number of hydrogen-bond donors (Lipinski definition) is 2. The second-order valence-corrected chi connectivity index (χ2v) is 8.89. The van der Waals surface area contributed by atoms with Gasteiger partial charge in [0.2, 0.25) is 11.8 Å². The molecule has 0 amide bonds. The summed E-state index contributed by atoms with van der Waals surface area (Å²) in [5.74, 6) is 1.71. The zero-order chi connectivity index (χ0) is 21.1. The zero-order valence-electron chi connectivity index (χ0n) is 17.3. The van der Waals surface area contributed by atoms with E-state index in [1.54, 1.807) is 19.4 Å². The Balaban J connectivity index is 1.50. The standard InChI is InChI=1S/C20H27N7O2S/c1-26(15-8-13-4-5-14(9-15)27(13)7-3-6-21)19-23-17(10-18(25-19)29-2)24-20-22-11-16(12-28)30-20/h10-11,13-15,28H,3-5,7-9,12H2,1-2H3,(H,22,23,24,25)/t13-,14+,15-. The fraction of sp³-hybridized carbons (Fsp3) is 0.600. The molecule has 2 saturated heterocycles. The molecule has 9 nitrogen and oxygen atoms in total. The Kier molecular flexibility index (Phi) is 6.32. The SMILES string of the molecule is COc1cc(Nc2ncc(CO)s2)nc(N(C)[C@@H]2C[C@H]3CC[C@@H](C2)N3CCC#N)n1. The van der Waals surface area contributed by atoms with E-state index < -0.39 is 0 Å². The molecule has 2 bridgehead atoms. The molecule has 0 aliphatic carbocycles. The third-order valence-corrected chi connectivity index (χ3v) is 6.95. The van der Waals surface area contributed by atoms with Crippen molar-refractivity contribution in [1.82, 2.24) is 19.9 Å². The lowest BCUT2D eigenvalue weighted by Gasteiger charge is -2.42. The Hall–Kier alpha value is -2.48. The average molecular weight is 430 g/mol. The highest BCUT2D eigenvalue weighted by Gasteiger charge is 2.41. The molecule has 3 atom stereocenters. The van der Waals surface area contributed by atoms with Crippen molar-refractivity contribution >= 4 is 28.2 Å². The van der Waals surface area contributed by atoms with E-state index >= 15 is 0 Å². The van der Waals surface area contributed by atoms with Gasteiger partial charge in [-0.2, -0.15) is 15.2 Å². The number of methoxy groups -OCH3 is 1. The first kappa shape index (κ1) is 20.8. The van der Waals surface area contributed by atoms with Gasteiger partial charge in [0.1, 0.15) is 5.82 Å². The molecule has 0 radical (unpaired) electrons. The minimum atomic E-state index is -0.0319. The van der Waals surface area contributed by atoms with Crippen LogP contribution < -0.4 is 15.0 Å². The van der Waals surface area contributed by atoms with Gasteiger partial charge < -0.3 is 20.1 Å². The number of aromatic nitrogens is 3. The van der Waals surface area contributed by atoms with Gasteiger partial charge in [0.25, 0.3) is 0 Å². The van der Waals surface area contributed by atoms with E-state index in [2.05, 4.69) is 31.2 Å². The summed E-state index contributed by atoms with van der Waals surface area (Å²) in [4.78, 5) is 19.0. The van der Waals surface area contributed by atoms with Crippen LogP contribution in [0.2, 0.25) is 0 Å². The van der Waals surface area contributed by atoms with E-state index in [-0.39, 0.29) is 6.61 Å². The van der Waals surface area contributed by atoms with Gasteiger partial charge in [-0.25, -0.2) is 4.98 Å². The van der Waals surface area contributed by atoms with Gasteiger partial charge in [0.05, 0.1) is 24.7 Å². The van der Waals surface area contributed by atoms with Gasteiger partial charge in [0.15, 0.2) is 5.13 Å². The van der Waals surface area contributed by atoms with Crippen molar-refractivity contribution in [3.63, 3.8) is 0 Å². The molecule has 2 aliphatic heterocycles. The number of thiazole rings is 1. The molecule has 2 fully saturated rings. The van der Waals surface area contributed by atoms with E-state index in [1.165, 1.54) is 24.2 Å². The third-order valence-electron chi connectivity index (χ3n) is 6.05. The van der Waals surface area contributed by atoms with E-state index in [0.717, 1.165) is 24.3 Å². The Morgan fingerprint density at radius 2 is 2.13 bits per heavy atom. The molecule has 0 aromatic carbocycles. The summed E-state index contributed by atoms with van der Waals surface area (Å²) in [6, 6.07) is 5.42. The number of nitrogens with zero attached hydrogens (tertiary/aromatic N) is 6. The summed E-state index contributed by atoms with van der Waals surface area (Å²) in [5, 5.41) is 22.0. The first-order valence-corrected chi connectivity index (χ1v) is 11.0. The normalized spacial score (nSPS) is 23.2. The Bertz CT molecular complexity index is 901. The summed E-state index contributed by atoms with van der Waals surface area (Å²) in [6.45, 7) is 0.839. The summed E-state index contributed by atoms with van der Waals surface area (Å²) in [6.07, 6.45) is 6.74. The quantitative estimate of drug-likeness (QED) is 0.654. The fourth-order valence-electron chi connectivity index (χ4n) is 4.56. The monoisotopic (exact) mass is 429 g/mol. The molecule has 0 spiro atoms. The number of hydrogen-bond acceptors (Lipinski definition) is 10. The number of anilines is 3. The van der Waals surface area contributed by atoms with Crippen LogP contribution in [0.4, 0.5) is 16.9 Å². The molecule has 2 aliphatic rings. The van der Waals surface area contributed by atoms with Gasteiger partial charge in [-0.1, -0.05) is 11.3 Å². The van der Waals surface area contributed by atoms with Gasteiger partial charge in [0, 0.05) is 50.4 Å². The highest BCUT2D eigenvalue weighted by molar-refractivity contribution is 7.15. The zero-order valence-corrected chi connectivity index (χ0v) is 18.1. The maximum absolute atomic E-state index is 9.25. The minimum absolute atomic E-state index is 0.0319. The second-order valence-electron chi connectivity index (χ2n) is 7.78. The maximum Gasteiger partial charge on any atom is 0.230 e. The lowest BCUT2D eigenvalue weighted by atomic mass is 9.96. The molecule has 160 valence electrons. The summed E-state index contributed by atoms with van der Waals surface area (Å²) < 4.78 is 5.40. The number of fused-ring (bicyclic) bond motifs is 2. The highest BCUT2D eigenvalue weighted by atomic mass is 32.1. The summed E-state index contributed by atoms with van der Waals surface area (Å²) in [7, 11) is 3.64. The lowest BCUT2D eigenvalue weighted by molar-refractivity contribution is 0.129. The molecule has 0 saturated carbocycles. The number of ether oxygens (including phenoxy) is 1. The van der Waals surface area contributed by atoms with Gasteiger partial charge in [-0.3, -0.25) is 4.90 Å². The first-order valence-electron chi connectivity index (χ1n) is 10.2. The molecular weight excluding hydrogens is 402 g/mol. The average Bonchev–Trinajstić information content (AvgIpc) is 3.31. The van der Waals surface area contributed by atoms with E-state index in [1.807, 2.05) is 7.05 Å². The maximum atomic E-state index is 9.25. The van der Waals surface area contributed by atoms with Gasteiger partial charge in [-0.05, 0) is 25.7 Å².